The molecule has 4 nitrogen and oxygen atoms in total. The molecule has 1 aliphatic heterocycles. The molecular formula is C10H11ClN3OS+. The fourth-order valence-electron chi connectivity index (χ4n) is 2.06. The number of nitrogens with two attached hydrogens (primary N) is 1. The van der Waals surface area contributed by atoms with Gasteiger partial charge in [-0.25, -0.2) is 0 Å². The first kappa shape index (κ1) is 11.4. The highest BCUT2D eigenvalue weighted by Crippen LogP contribution is 2.40. The van der Waals surface area contributed by atoms with Crippen LogP contribution in [-0.4, -0.2) is 16.5 Å². The second-order valence-corrected chi connectivity index (χ2v) is 4.74. The minimum Gasteiger partial charge on any atom is -0.399 e. The number of nitrogens with zero attached hydrogens (tertiary/aromatic N) is 2. The zero-order valence-corrected chi connectivity index (χ0v) is 10.1. The minimum atomic E-state index is 0. The van der Waals surface area contributed by atoms with Gasteiger partial charge in [-0.15, -0.1) is 12.4 Å². The number of thioether (sulfide) groups is 1. The lowest BCUT2D eigenvalue weighted by Crippen LogP contribution is -2.20. The molecule has 0 bridgehead atoms. The van der Waals surface area contributed by atoms with Crippen LogP contribution in [0.5, 0.6) is 0 Å². The number of fused-ring (bicyclic) bond motifs is 3. The van der Waals surface area contributed by atoms with Gasteiger partial charge in [0.15, 0.2) is 4.87 Å². The van der Waals surface area contributed by atoms with E-state index >= 15 is 0 Å². The molecular weight excluding hydrogens is 246 g/mol. The molecule has 84 valence electrons. The molecule has 1 atom stereocenters. The van der Waals surface area contributed by atoms with Crippen LogP contribution in [0.2, 0.25) is 0 Å². The van der Waals surface area contributed by atoms with Gasteiger partial charge >= 0.3 is 0 Å². The van der Waals surface area contributed by atoms with E-state index < -0.39 is 0 Å². The van der Waals surface area contributed by atoms with Gasteiger partial charge in [0.1, 0.15) is 5.71 Å². The first-order chi connectivity index (χ1) is 7.24. The summed E-state index contributed by atoms with van der Waals surface area (Å²) in [6.45, 7) is 0. The largest absolute Gasteiger partial charge is 0.399 e. The van der Waals surface area contributed by atoms with Crippen LogP contribution in [-0.2, 0) is 0 Å². The van der Waals surface area contributed by atoms with E-state index in [9.17, 15) is 4.91 Å². The molecule has 2 N–H and O–H groups in total. The lowest BCUT2D eigenvalue weighted by atomic mass is 9.91. The molecule has 3 aliphatic rings. The molecule has 0 spiro atoms. The van der Waals surface area contributed by atoms with Gasteiger partial charge in [-0.2, -0.15) is 0 Å². The summed E-state index contributed by atoms with van der Waals surface area (Å²) in [5, 5.41) is 4.05. The monoisotopic (exact) mass is 256 g/mol. The van der Waals surface area contributed by atoms with Gasteiger partial charge in [-0.1, -0.05) is 6.08 Å². The van der Waals surface area contributed by atoms with E-state index in [0.717, 1.165) is 27.6 Å². The van der Waals surface area contributed by atoms with Crippen LogP contribution in [0.3, 0.4) is 0 Å². The van der Waals surface area contributed by atoms with Crippen molar-refractivity contribution in [2.24, 2.45) is 16.8 Å². The Hall–Kier alpha value is -1.07. The van der Waals surface area contributed by atoms with E-state index in [1.807, 2.05) is 12.2 Å². The van der Waals surface area contributed by atoms with Gasteiger partial charge in [-0.3, -0.25) is 0 Å². The van der Waals surface area contributed by atoms with Gasteiger partial charge < -0.3 is 5.73 Å². The second kappa shape index (κ2) is 4.07. The summed E-state index contributed by atoms with van der Waals surface area (Å²) in [5.74, 6) is 0.634. The number of nitroso groups, excluding NO2 is 1. The maximum Gasteiger partial charge on any atom is 0.278 e. The van der Waals surface area contributed by atoms with Gasteiger partial charge in [0.25, 0.3) is 5.88 Å². The van der Waals surface area contributed by atoms with Gasteiger partial charge in [0.05, 0.1) is 4.91 Å². The predicted octanol–water partition coefficient (Wildman–Crippen LogP) is 1.93. The van der Waals surface area contributed by atoms with Crippen molar-refractivity contribution in [3.8, 4) is 0 Å². The fraction of sp³-hybridized carbons (Fsp3) is 0.300. The standard InChI is InChI=1S/C10H10N3OS.ClH/c11-7-1-2-8-6(3-7)4-9-10(8)12-13(14)5-15-9;/h1,3-4,8H,2,5,11H2;1H/q+1;. The van der Waals surface area contributed by atoms with Crippen molar-refractivity contribution in [2.45, 2.75) is 6.42 Å². The lowest BCUT2D eigenvalue weighted by Gasteiger charge is -2.15. The van der Waals surface area contributed by atoms with Crippen LogP contribution in [0, 0.1) is 10.8 Å². The summed E-state index contributed by atoms with van der Waals surface area (Å²) in [4.78, 5) is 13.0. The molecule has 0 saturated carbocycles. The third-order valence-electron chi connectivity index (χ3n) is 2.76. The SMILES string of the molecule is Cl.NC1=CCC2C(=C1)C=C1SC[N+](=O)N=C12. The van der Waals surface area contributed by atoms with Gasteiger partial charge in [-0.05, 0) is 35.9 Å². The molecule has 0 aromatic rings. The Morgan fingerprint density at radius 1 is 1.50 bits per heavy atom. The fourth-order valence-corrected chi connectivity index (χ4v) is 2.92. The summed E-state index contributed by atoms with van der Waals surface area (Å²) < 4.78 is 0. The van der Waals surface area contributed by atoms with Crippen LogP contribution >= 0.6 is 24.2 Å². The van der Waals surface area contributed by atoms with Crippen molar-refractivity contribution in [1.29, 1.82) is 0 Å². The summed E-state index contributed by atoms with van der Waals surface area (Å²) >= 11 is 1.55. The minimum absolute atomic E-state index is 0. The summed E-state index contributed by atoms with van der Waals surface area (Å²) in [7, 11) is 0. The van der Waals surface area contributed by atoms with E-state index in [-0.39, 0.29) is 18.3 Å². The number of allylic oxidation sites excluding steroid dienone is 5. The topological polar surface area (TPSA) is 58.5 Å². The van der Waals surface area contributed by atoms with Crippen molar-refractivity contribution in [2.75, 3.05) is 5.88 Å². The Balaban J connectivity index is 0.000000963. The van der Waals surface area contributed by atoms with Crippen LogP contribution in [0.15, 0.2) is 39.5 Å². The third-order valence-corrected chi connectivity index (χ3v) is 3.74. The maximum absolute atomic E-state index is 11.2. The third kappa shape index (κ3) is 1.70. The molecule has 1 heterocycles. The van der Waals surface area contributed by atoms with Gasteiger partial charge in [0.2, 0.25) is 0 Å². The number of hydrazone groups is 1. The molecule has 6 heteroatoms. The number of hydrogen-bond acceptors (Lipinski definition) is 3. The van der Waals surface area contributed by atoms with Crippen molar-refractivity contribution in [1.82, 2.24) is 0 Å². The van der Waals surface area contributed by atoms with E-state index in [4.69, 9.17) is 5.73 Å². The zero-order valence-electron chi connectivity index (χ0n) is 8.42. The molecule has 0 saturated heterocycles. The first-order valence-corrected chi connectivity index (χ1v) is 5.78. The highest BCUT2D eigenvalue weighted by Gasteiger charge is 2.37. The Morgan fingerprint density at radius 3 is 3.12 bits per heavy atom. The average molecular weight is 257 g/mol. The number of hydrogen-bond donors (Lipinski definition) is 1. The quantitative estimate of drug-likeness (QED) is 0.674. The van der Waals surface area contributed by atoms with Crippen LogP contribution in [0.1, 0.15) is 6.42 Å². The zero-order chi connectivity index (χ0) is 10.4. The summed E-state index contributed by atoms with van der Waals surface area (Å²) in [5.41, 5.74) is 8.65. The molecule has 2 aliphatic carbocycles. The lowest BCUT2D eigenvalue weighted by molar-refractivity contribution is -0.534. The molecule has 0 fully saturated rings. The van der Waals surface area contributed by atoms with Crippen molar-refractivity contribution in [3.63, 3.8) is 0 Å². The number of rotatable bonds is 0. The molecule has 16 heavy (non-hydrogen) atoms. The van der Waals surface area contributed by atoms with E-state index in [0.29, 0.717) is 5.88 Å². The number of halogens is 1. The van der Waals surface area contributed by atoms with E-state index in [2.05, 4.69) is 11.2 Å². The Labute approximate surface area is 103 Å². The second-order valence-electron chi connectivity index (χ2n) is 3.76. The highest BCUT2D eigenvalue weighted by atomic mass is 35.5. The first-order valence-electron chi connectivity index (χ1n) is 4.79. The van der Waals surface area contributed by atoms with Crippen molar-refractivity contribution < 1.29 is 4.87 Å². The molecule has 0 amide bonds. The van der Waals surface area contributed by atoms with Gasteiger partial charge in [0, 0.05) is 21.6 Å². The van der Waals surface area contributed by atoms with Crippen LogP contribution < -0.4 is 5.73 Å². The maximum atomic E-state index is 11.2. The Kier molecular flexibility index (Phi) is 2.90. The molecule has 3 rings (SSSR count). The van der Waals surface area contributed by atoms with Crippen LogP contribution in [0.4, 0.5) is 0 Å². The predicted molar refractivity (Wildman–Crippen MR) is 67.3 cm³/mol. The summed E-state index contributed by atoms with van der Waals surface area (Å²) in [6.07, 6.45) is 6.91. The highest BCUT2D eigenvalue weighted by molar-refractivity contribution is 8.03. The Bertz CT molecular complexity index is 478. The molecule has 0 aromatic carbocycles. The van der Waals surface area contributed by atoms with Crippen molar-refractivity contribution >= 4 is 29.9 Å². The molecule has 1 unspecified atom stereocenters. The van der Waals surface area contributed by atoms with E-state index in [1.54, 1.807) is 11.8 Å². The Morgan fingerprint density at radius 2 is 2.31 bits per heavy atom. The summed E-state index contributed by atoms with van der Waals surface area (Å²) in [6, 6.07) is 0. The molecule has 0 radical (unpaired) electrons. The van der Waals surface area contributed by atoms with E-state index in [1.165, 1.54) is 5.57 Å². The smallest absolute Gasteiger partial charge is 0.278 e. The average Bonchev–Trinajstić information content (AvgIpc) is 2.54. The van der Waals surface area contributed by atoms with Crippen molar-refractivity contribution in [3.05, 3.63) is 39.3 Å². The van der Waals surface area contributed by atoms with Crippen LogP contribution in [0.25, 0.3) is 0 Å². The normalized spacial score (nSPS) is 26.8. The molecule has 0 aromatic heterocycles.